The van der Waals surface area contributed by atoms with Crippen molar-refractivity contribution in [2.24, 2.45) is 0 Å². The van der Waals surface area contributed by atoms with E-state index in [1.165, 1.54) is 24.0 Å². The van der Waals surface area contributed by atoms with Crippen LogP contribution in [0.5, 0.6) is 0 Å². The summed E-state index contributed by atoms with van der Waals surface area (Å²) in [6.45, 7) is 4.07. The highest BCUT2D eigenvalue weighted by Crippen LogP contribution is 2.21. The number of ether oxygens (including phenoxy) is 1. The Kier molecular flexibility index (Phi) is 4.19. The SMILES string of the molecule is Cc1oc(COCc2ccccc2)cc1CNC1CC1. The van der Waals surface area contributed by atoms with Crippen LogP contribution in [0.1, 0.15) is 35.5 Å². The molecule has 1 saturated carbocycles. The standard InChI is InChI=1S/C17H21NO2/c1-13-15(10-18-16-7-8-16)9-17(20-13)12-19-11-14-5-3-2-4-6-14/h2-6,9,16,18H,7-8,10-12H2,1H3. The molecule has 20 heavy (non-hydrogen) atoms. The number of benzene rings is 1. The Morgan fingerprint density at radius 1 is 1.20 bits per heavy atom. The number of hydrogen-bond donors (Lipinski definition) is 1. The minimum Gasteiger partial charge on any atom is -0.464 e. The zero-order chi connectivity index (χ0) is 13.8. The molecule has 3 rings (SSSR count). The summed E-state index contributed by atoms with van der Waals surface area (Å²) in [6.07, 6.45) is 2.62. The second kappa shape index (κ2) is 6.25. The molecule has 0 unspecified atom stereocenters. The van der Waals surface area contributed by atoms with E-state index < -0.39 is 0 Å². The van der Waals surface area contributed by atoms with E-state index in [0.29, 0.717) is 13.2 Å². The fraction of sp³-hybridized carbons (Fsp3) is 0.412. The van der Waals surface area contributed by atoms with Crippen LogP contribution in [-0.2, 0) is 24.5 Å². The molecule has 106 valence electrons. The van der Waals surface area contributed by atoms with Crippen LogP contribution in [0.2, 0.25) is 0 Å². The first-order chi connectivity index (χ1) is 9.81. The van der Waals surface area contributed by atoms with E-state index in [0.717, 1.165) is 24.1 Å². The van der Waals surface area contributed by atoms with Crippen molar-refractivity contribution in [2.45, 2.75) is 45.6 Å². The highest BCUT2D eigenvalue weighted by Gasteiger charge is 2.20. The van der Waals surface area contributed by atoms with E-state index in [1.54, 1.807) is 0 Å². The van der Waals surface area contributed by atoms with Crippen LogP contribution in [0.25, 0.3) is 0 Å². The normalized spacial score (nSPS) is 14.7. The van der Waals surface area contributed by atoms with Crippen molar-refractivity contribution in [1.29, 1.82) is 0 Å². The number of rotatable bonds is 7. The quantitative estimate of drug-likeness (QED) is 0.836. The lowest BCUT2D eigenvalue weighted by Gasteiger charge is -2.01. The number of furan rings is 1. The Labute approximate surface area is 119 Å². The van der Waals surface area contributed by atoms with E-state index in [-0.39, 0.29) is 0 Å². The number of nitrogens with one attached hydrogen (secondary N) is 1. The van der Waals surface area contributed by atoms with Crippen molar-refractivity contribution >= 4 is 0 Å². The Bertz CT molecular complexity index is 543. The number of hydrogen-bond acceptors (Lipinski definition) is 3. The summed E-state index contributed by atoms with van der Waals surface area (Å²) in [4.78, 5) is 0. The lowest BCUT2D eigenvalue weighted by atomic mass is 10.2. The van der Waals surface area contributed by atoms with Crippen molar-refractivity contribution in [1.82, 2.24) is 5.32 Å². The summed E-state index contributed by atoms with van der Waals surface area (Å²) in [5.74, 6) is 1.91. The molecule has 1 aromatic carbocycles. The van der Waals surface area contributed by atoms with Crippen LogP contribution < -0.4 is 5.32 Å². The molecule has 0 saturated heterocycles. The third-order valence-electron chi connectivity index (χ3n) is 3.59. The second-order valence-corrected chi connectivity index (χ2v) is 5.43. The van der Waals surface area contributed by atoms with Gasteiger partial charge in [0.1, 0.15) is 18.1 Å². The molecule has 0 atom stereocenters. The Morgan fingerprint density at radius 2 is 2.00 bits per heavy atom. The van der Waals surface area contributed by atoms with Crippen LogP contribution in [0.4, 0.5) is 0 Å². The topological polar surface area (TPSA) is 34.4 Å². The molecular weight excluding hydrogens is 250 g/mol. The first-order valence-electron chi connectivity index (χ1n) is 7.24. The van der Waals surface area contributed by atoms with E-state index >= 15 is 0 Å². The zero-order valence-electron chi connectivity index (χ0n) is 11.9. The molecule has 2 aromatic rings. The molecule has 1 aliphatic carbocycles. The number of aryl methyl sites for hydroxylation is 1. The minimum atomic E-state index is 0.527. The third kappa shape index (κ3) is 3.71. The second-order valence-electron chi connectivity index (χ2n) is 5.43. The van der Waals surface area contributed by atoms with Crippen molar-refractivity contribution in [3.05, 3.63) is 59.0 Å². The van der Waals surface area contributed by atoms with E-state index in [4.69, 9.17) is 9.15 Å². The predicted octanol–water partition coefficient (Wildman–Crippen LogP) is 3.56. The van der Waals surface area contributed by atoms with E-state index in [1.807, 2.05) is 25.1 Å². The first kappa shape index (κ1) is 13.4. The molecule has 1 N–H and O–H groups in total. The van der Waals surface area contributed by atoms with Gasteiger partial charge in [-0.3, -0.25) is 0 Å². The Morgan fingerprint density at radius 3 is 2.75 bits per heavy atom. The molecule has 1 heterocycles. The highest BCUT2D eigenvalue weighted by molar-refractivity contribution is 5.20. The fourth-order valence-corrected chi connectivity index (χ4v) is 2.22. The monoisotopic (exact) mass is 271 g/mol. The smallest absolute Gasteiger partial charge is 0.130 e. The molecule has 0 amide bonds. The molecule has 1 aliphatic rings. The van der Waals surface area contributed by atoms with Gasteiger partial charge in [-0.05, 0) is 31.4 Å². The van der Waals surface area contributed by atoms with Crippen LogP contribution in [0.3, 0.4) is 0 Å². The highest BCUT2D eigenvalue weighted by atomic mass is 16.5. The molecule has 1 fully saturated rings. The van der Waals surface area contributed by atoms with Gasteiger partial charge >= 0.3 is 0 Å². The van der Waals surface area contributed by atoms with Crippen molar-refractivity contribution in [2.75, 3.05) is 0 Å². The summed E-state index contributed by atoms with van der Waals surface area (Å²) in [5.41, 5.74) is 2.43. The average Bonchev–Trinajstić information content (AvgIpc) is 3.22. The van der Waals surface area contributed by atoms with Gasteiger partial charge in [0.2, 0.25) is 0 Å². The summed E-state index contributed by atoms with van der Waals surface area (Å²) in [6, 6.07) is 13.0. The lowest BCUT2D eigenvalue weighted by molar-refractivity contribution is 0.0923. The summed E-state index contributed by atoms with van der Waals surface area (Å²) in [5, 5.41) is 3.51. The largest absolute Gasteiger partial charge is 0.464 e. The van der Waals surface area contributed by atoms with Gasteiger partial charge < -0.3 is 14.5 Å². The maximum Gasteiger partial charge on any atom is 0.130 e. The van der Waals surface area contributed by atoms with Crippen LogP contribution in [0.15, 0.2) is 40.8 Å². The summed E-state index contributed by atoms with van der Waals surface area (Å²) < 4.78 is 11.4. The minimum absolute atomic E-state index is 0.527. The van der Waals surface area contributed by atoms with Gasteiger partial charge in [-0.1, -0.05) is 30.3 Å². The van der Waals surface area contributed by atoms with E-state index in [2.05, 4.69) is 23.5 Å². The van der Waals surface area contributed by atoms with Gasteiger partial charge in [0, 0.05) is 18.2 Å². The van der Waals surface area contributed by atoms with Crippen molar-refractivity contribution < 1.29 is 9.15 Å². The van der Waals surface area contributed by atoms with Crippen LogP contribution in [-0.4, -0.2) is 6.04 Å². The zero-order valence-corrected chi connectivity index (χ0v) is 11.9. The fourth-order valence-electron chi connectivity index (χ4n) is 2.22. The third-order valence-corrected chi connectivity index (χ3v) is 3.59. The molecule has 0 bridgehead atoms. The molecule has 3 heteroatoms. The molecule has 3 nitrogen and oxygen atoms in total. The maximum absolute atomic E-state index is 5.74. The Balaban J connectivity index is 1.48. The van der Waals surface area contributed by atoms with Crippen LogP contribution >= 0.6 is 0 Å². The van der Waals surface area contributed by atoms with Gasteiger partial charge in [0.05, 0.1) is 6.61 Å². The lowest BCUT2D eigenvalue weighted by Crippen LogP contribution is -2.15. The summed E-state index contributed by atoms with van der Waals surface area (Å²) in [7, 11) is 0. The first-order valence-corrected chi connectivity index (χ1v) is 7.24. The van der Waals surface area contributed by atoms with Crippen molar-refractivity contribution in [3.8, 4) is 0 Å². The summed E-state index contributed by atoms with van der Waals surface area (Å²) >= 11 is 0. The molecular formula is C17H21NO2. The average molecular weight is 271 g/mol. The molecule has 1 aromatic heterocycles. The van der Waals surface area contributed by atoms with Gasteiger partial charge in [-0.2, -0.15) is 0 Å². The van der Waals surface area contributed by atoms with Gasteiger partial charge in [-0.15, -0.1) is 0 Å². The Hall–Kier alpha value is -1.58. The molecule has 0 spiro atoms. The molecule has 0 radical (unpaired) electrons. The maximum atomic E-state index is 5.74. The van der Waals surface area contributed by atoms with Crippen molar-refractivity contribution in [3.63, 3.8) is 0 Å². The van der Waals surface area contributed by atoms with Crippen LogP contribution in [0, 0.1) is 6.92 Å². The van der Waals surface area contributed by atoms with Gasteiger partial charge in [0.15, 0.2) is 0 Å². The van der Waals surface area contributed by atoms with Gasteiger partial charge in [-0.25, -0.2) is 0 Å². The molecule has 0 aliphatic heterocycles. The predicted molar refractivity (Wildman–Crippen MR) is 78.2 cm³/mol. The van der Waals surface area contributed by atoms with E-state index in [9.17, 15) is 0 Å². The van der Waals surface area contributed by atoms with Gasteiger partial charge in [0.25, 0.3) is 0 Å².